The zero-order valence-corrected chi connectivity index (χ0v) is 11.0. The lowest BCUT2D eigenvalue weighted by Gasteiger charge is -2.11. The first-order valence-electron chi connectivity index (χ1n) is 5.65. The van der Waals surface area contributed by atoms with Gasteiger partial charge in [-0.2, -0.15) is 0 Å². The number of hydrogen-bond donors (Lipinski definition) is 2. The van der Waals surface area contributed by atoms with Gasteiger partial charge in [0.25, 0.3) is 0 Å². The van der Waals surface area contributed by atoms with Crippen molar-refractivity contribution < 1.29 is 9.47 Å². The van der Waals surface area contributed by atoms with Crippen molar-refractivity contribution in [2.45, 2.75) is 6.92 Å². The zero-order chi connectivity index (χ0) is 13.1. The van der Waals surface area contributed by atoms with Gasteiger partial charge in [-0.1, -0.05) is 0 Å². The molecule has 1 aromatic carbocycles. The Morgan fingerprint density at radius 2 is 1.89 bits per heavy atom. The van der Waals surface area contributed by atoms with Gasteiger partial charge < -0.3 is 19.8 Å². The number of hydrogen-bond acceptors (Lipinski definition) is 4. The average Bonchev–Trinajstić information content (AvgIpc) is 2.87. The SMILES string of the molecule is CNc1ncc(-c2cc(OC)c(C)cc2OC)[nH]1. The van der Waals surface area contributed by atoms with Gasteiger partial charge in [0.2, 0.25) is 0 Å². The molecule has 1 heterocycles. The van der Waals surface area contributed by atoms with E-state index in [1.54, 1.807) is 20.4 Å². The summed E-state index contributed by atoms with van der Waals surface area (Å²) in [6, 6.07) is 3.90. The van der Waals surface area contributed by atoms with Crippen LogP contribution in [0.25, 0.3) is 11.3 Å². The summed E-state index contributed by atoms with van der Waals surface area (Å²) < 4.78 is 10.7. The molecule has 18 heavy (non-hydrogen) atoms. The second-order valence-corrected chi connectivity index (χ2v) is 3.92. The van der Waals surface area contributed by atoms with Crippen molar-refractivity contribution in [1.82, 2.24) is 9.97 Å². The van der Waals surface area contributed by atoms with Crippen LogP contribution in [0.15, 0.2) is 18.3 Å². The van der Waals surface area contributed by atoms with Crippen LogP contribution in [-0.2, 0) is 0 Å². The Balaban J connectivity index is 2.54. The standard InChI is InChI=1S/C13H17N3O2/c1-8-5-12(18-4)9(6-11(8)17-3)10-7-15-13(14-2)16-10/h5-7H,1-4H3,(H2,14,15,16). The van der Waals surface area contributed by atoms with Gasteiger partial charge in [0, 0.05) is 12.6 Å². The van der Waals surface area contributed by atoms with Crippen molar-refractivity contribution in [2.75, 3.05) is 26.6 Å². The Morgan fingerprint density at radius 3 is 2.44 bits per heavy atom. The number of aromatic amines is 1. The van der Waals surface area contributed by atoms with E-state index in [0.717, 1.165) is 28.3 Å². The van der Waals surface area contributed by atoms with E-state index in [0.29, 0.717) is 5.95 Å². The summed E-state index contributed by atoms with van der Waals surface area (Å²) >= 11 is 0. The largest absolute Gasteiger partial charge is 0.496 e. The zero-order valence-electron chi connectivity index (χ0n) is 11.0. The Morgan fingerprint density at radius 1 is 1.17 bits per heavy atom. The molecule has 0 atom stereocenters. The van der Waals surface area contributed by atoms with E-state index >= 15 is 0 Å². The van der Waals surface area contributed by atoms with Crippen LogP contribution in [0.3, 0.4) is 0 Å². The van der Waals surface area contributed by atoms with Crippen molar-refractivity contribution in [3.8, 4) is 22.8 Å². The summed E-state index contributed by atoms with van der Waals surface area (Å²) in [7, 11) is 5.13. The number of nitrogens with zero attached hydrogens (tertiary/aromatic N) is 1. The molecular weight excluding hydrogens is 230 g/mol. The number of anilines is 1. The van der Waals surface area contributed by atoms with Crippen LogP contribution in [-0.4, -0.2) is 31.2 Å². The van der Waals surface area contributed by atoms with Gasteiger partial charge in [0.05, 0.1) is 26.1 Å². The number of imidazole rings is 1. The fraction of sp³-hybridized carbons (Fsp3) is 0.308. The summed E-state index contributed by atoms with van der Waals surface area (Å²) in [5.41, 5.74) is 2.84. The minimum atomic E-state index is 0.714. The average molecular weight is 247 g/mol. The topological polar surface area (TPSA) is 59.2 Å². The van der Waals surface area contributed by atoms with Gasteiger partial charge in [0.1, 0.15) is 11.5 Å². The number of aromatic nitrogens is 2. The normalized spacial score (nSPS) is 10.2. The third-order valence-electron chi connectivity index (χ3n) is 2.82. The fourth-order valence-corrected chi connectivity index (χ4v) is 1.85. The molecule has 5 nitrogen and oxygen atoms in total. The molecule has 2 N–H and O–H groups in total. The molecule has 0 unspecified atom stereocenters. The van der Waals surface area contributed by atoms with E-state index in [1.807, 2.05) is 26.1 Å². The molecule has 1 aromatic heterocycles. The van der Waals surface area contributed by atoms with E-state index in [-0.39, 0.29) is 0 Å². The molecule has 0 spiro atoms. The molecule has 0 fully saturated rings. The van der Waals surface area contributed by atoms with Crippen LogP contribution in [0.5, 0.6) is 11.5 Å². The third kappa shape index (κ3) is 2.11. The van der Waals surface area contributed by atoms with Gasteiger partial charge in [-0.25, -0.2) is 4.98 Å². The highest BCUT2D eigenvalue weighted by atomic mass is 16.5. The van der Waals surface area contributed by atoms with Crippen LogP contribution in [0.2, 0.25) is 0 Å². The molecule has 0 aliphatic heterocycles. The molecule has 0 saturated heterocycles. The van der Waals surface area contributed by atoms with Crippen LogP contribution >= 0.6 is 0 Å². The number of nitrogens with one attached hydrogen (secondary N) is 2. The van der Waals surface area contributed by atoms with Crippen LogP contribution < -0.4 is 14.8 Å². The number of aryl methyl sites for hydroxylation is 1. The van der Waals surface area contributed by atoms with Crippen molar-refractivity contribution in [3.63, 3.8) is 0 Å². The first-order valence-corrected chi connectivity index (χ1v) is 5.65. The summed E-state index contributed by atoms with van der Waals surface area (Å²) in [5.74, 6) is 2.33. The van der Waals surface area contributed by atoms with E-state index in [4.69, 9.17) is 9.47 Å². The molecule has 0 aliphatic carbocycles. The minimum Gasteiger partial charge on any atom is -0.496 e. The van der Waals surface area contributed by atoms with Gasteiger partial charge >= 0.3 is 0 Å². The molecule has 2 aromatic rings. The predicted molar refractivity (Wildman–Crippen MR) is 71.4 cm³/mol. The van der Waals surface area contributed by atoms with E-state index in [9.17, 15) is 0 Å². The lowest BCUT2D eigenvalue weighted by molar-refractivity contribution is 0.401. The van der Waals surface area contributed by atoms with E-state index < -0.39 is 0 Å². The summed E-state index contributed by atoms with van der Waals surface area (Å²) in [4.78, 5) is 7.37. The molecule has 0 aliphatic rings. The molecule has 5 heteroatoms. The maximum atomic E-state index is 5.40. The molecule has 0 amide bonds. The summed E-state index contributed by atoms with van der Waals surface area (Å²) in [5, 5.41) is 2.96. The predicted octanol–water partition coefficient (Wildman–Crippen LogP) is 2.44. The second-order valence-electron chi connectivity index (χ2n) is 3.92. The van der Waals surface area contributed by atoms with Gasteiger partial charge in [0.15, 0.2) is 5.95 Å². The maximum absolute atomic E-state index is 5.40. The van der Waals surface area contributed by atoms with E-state index in [1.165, 1.54) is 0 Å². The second kappa shape index (κ2) is 5.00. The Bertz CT molecular complexity index is 549. The van der Waals surface area contributed by atoms with Crippen molar-refractivity contribution >= 4 is 5.95 Å². The van der Waals surface area contributed by atoms with Gasteiger partial charge in [-0.15, -0.1) is 0 Å². The Kier molecular flexibility index (Phi) is 3.41. The third-order valence-corrected chi connectivity index (χ3v) is 2.82. The number of H-pyrrole nitrogens is 1. The number of ether oxygens (including phenoxy) is 2. The van der Waals surface area contributed by atoms with E-state index in [2.05, 4.69) is 15.3 Å². The van der Waals surface area contributed by atoms with Crippen LogP contribution in [0.4, 0.5) is 5.95 Å². The lowest BCUT2D eigenvalue weighted by Crippen LogP contribution is -1.94. The molecule has 0 radical (unpaired) electrons. The van der Waals surface area contributed by atoms with Crippen LogP contribution in [0.1, 0.15) is 5.56 Å². The Hall–Kier alpha value is -2.17. The fourth-order valence-electron chi connectivity index (χ4n) is 1.85. The number of methoxy groups -OCH3 is 2. The highest BCUT2D eigenvalue weighted by Crippen LogP contribution is 2.35. The van der Waals surface area contributed by atoms with Gasteiger partial charge in [-0.05, 0) is 24.6 Å². The number of rotatable bonds is 4. The Labute approximate surface area is 106 Å². The highest BCUT2D eigenvalue weighted by molar-refractivity contribution is 5.71. The van der Waals surface area contributed by atoms with Gasteiger partial charge in [-0.3, -0.25) is 0 Å². The lowest BCUT2D eigenvalue weighted by atomic mass is 10.1. The van der Waals surface area contributed by atoms with Crippen molar-refractivity contribution in [2.24, 2.45) is 0 Å². The van der Waals surface area contributed by atoms with Crippen LogP contribution in [0, 0.1) is 6.92 Å². The maximum Gasteiger partial charge on any atom is 0.200 e. The smallest absolute Gasteiger partial charge is 0.200 e. The highest BCUT2D eigenvalue weighted by Gasteiger charge is 2.12. The molecule has 0 saturated carbocycles. The quantitative estimate of drug-likeness (QED) is 0.871. The molecular formula is C13H17N3O2. The molecule has 0 bridgehead atoms. The first kappa shape index (κ1) is 12.3. The first-order chi connectivity index (χ1) is 8.69. The summed E-state index contributed by atoms with van der Waals surface area (Å²) in [6.45, 7) is 1.98. The van der Waals surface area contributed by atoms with Crippen molar-refractivity contribution in [3.05, 3.63) is 23.9 Å². The van der Waals surface area contributed by atoms with Crippen molar-refractivity contribution in [1.29, 1.82) is 0 Å². The monoisotopic (exact) mass is 247 g/mol. The summed E-state index contributed by atoms with van der Waals surface area (Å²) in [6.07, 6.45) is 1.76. The molecule has 96 valence electrons. The molecule has 2 rings (SSSR count). The minimum absolute atomic E-state index is 0.714. The number of benzene rings is 1.